The normalized spacial score (nSPS) is 10.4. The summed E-state index contributed by atoms with van der Waals surface area (Å²) >= 11 is 0. The van der Waals surface area contributed by atoms with Gasteiger partial charge in [-0.05, 0) is 6.07 Å². The van der Waals surface area contributed by atoms with Gasteiger partial charge < -0.3 is 10.6 Å². The average Bonchev–Trinajstić information content (AvgIpc) is 2.91. The molecule has 0 saturated heterocycles. The number of rotatable bonds is 12. The molecule has 0 aliphatic carbocycles. The van der Waals surface area contributed by atoms with E-state index in [2.05, 4.69) is 0 Å². The fraction of sp³-hybridized carbons (Fsp3) is 0. The molecular weight excluding hydrogens is 612 g/mol. The largest absolute Gasteiger partial charge is 0.339 e. The Labute approximate surface area is 236 Å². The fourth-order valence-electron chi connectivity index (χ4n) is 3.59. The van der Waals surface area contributed by atoms with E-state index in [4.69, 9.17) is 0 Å². The Kier molecular flexibility index (Phi) is 8.11. The van der Waals surface area contributed by atoms with E-state index in [1.165, 1.54) is 0 Å². The summed E-state index contributed by atoms with van der Waals surface area (Å²) in [5, 5.41) is 96.1. The van der Waals surface area contributed by atoms with Crippen LogP contribution < -0.4 is 10.6 Å². The molecule has 3 aromatic rings. The van der Waals surface area contributed by atoms with E-state index in [1.807, 2.05) is 10.6 Å². The molecule has 3 aromatic carbocycles. The molecule has 0 aliphatic rings. The van der Waals surface area contributed by atoms with Crippen molar-refractivity contribution in [3.63, 3.8) is 0 Å². The lowest BCUT2D eigenvalue weighted by atomic mass is 10.1. The Morgan fingerprint density at radius 1 is 0.341 bits per heavy atom. The molecule has 0 spiro atoms. The van der Waals surface area contributed by atoms with Crippen LogP contribution in [0, 0.1) is 80.9 Å². The number of nitrogens with one attached hydrogen (secondary N) is 2. The first-order chi connectivity index (χ1) is 20.4. The lowest BCUT2D eigenvalue weighted by Crippen LogP contribution is -2.08. The van der Waals surface area contributed by atoms with Gasteiger partial charge in [0.05, 0.1) is 69.7 Å². The van der Waals surface area contributed by atoms with Gasteiger partial charge in [-0.25, -0.2) is 0 Å². The van der Waals surface area contributed by atoms with Crippen molar-refractivity contribution in [3.8, 4) is 0 Å². The Balaban J connectivity index is 2.39. The highest BCUT2D eigenvalue weighted by Gasteiger charge is 2.36. The van der Waals surface area contributed by atoms with Gasteiger partial charge >= 0.3 is 22.7 Å². The van der Waals surface area contributed by atoms with Gasteiger partial charge in [0, 0.05) is 0 Å². The van der Waals surface area contributed by atoms with Gasteiger partial charge in [-0.1, -0.05) is 0 Å². The second-order valence-electron chi connectivity index (χ2n) is 7.91. The van der Waals surface area contributed by atoms with Crippen molar-refractivity contribution < 1.29 is 39.4 Å². The second-order valence-corrected chi connectivity index (χ2v) is 7.91. The molecule has 226 valence electrons. The molecule has 0 bridgehead atoms. The third-order valence-electron chi connectivity index (χ3n) is 5.40. The zero-order valence-electron chi connectivity index (χ0n) is 20.6. The monoisotopic (exact) mass is 620 g/mol. The summed E-state index contributed by atoms with van der Waals surface area (Å²) in [6.45, 7) is 0. The topological polar surface area (TPSA) is 369 Å². The maximum atomic E-state index is 11.7. The molecule has 0 radical (unpaired) electrons. The maximum absolute atomic E-state index is 11.7. The van der Waals surface area contributed by atoms with E-state index < -0.39 is 108 Å². The van der Waals surface area contributed by atoms with Crippen LogP contribution in [-0.2, 0) is 0 Å². The number of non-ortho nitro benzene ring substituents is 2. The second kappa shape index (κ2) is 11.5. The van der Waals surface area contributed by atoms with Crippen molar-refractivity contribution in [1.82, 2.24) is 0 Å². The Hall–Kier alpha value is -7.54. The van der Waals surface area contributed by atoms with Crippen LogP contribution in [0.1, 0.15) is 0 Å². The summed E-state index contributed by atoms with van der Waals surface area (Å²) in [5.74, 6) is 0. The number of hydrogen-bond donors (Lipinski definition) is 2. The molecular formula is C18H8N10O16. The third kappa shape index (κ3) is 5.96. The summed E-state index contributed by atoms with van der Waals surface area (Å²) in [7, 11) is 0. The number of benzene rings is 3. The molecule has 0 heterocycles. The maximum Gasteiger partial charge on any atom is 0.306 e. The number of hydrogen-bond acceptors (Lipinski definition) is 18. The highest BCUT2D eigenvalue weighted by Crippen LogP contribution is 2.46. The summed E-state index contributed by atoms with van der Waals surface area (Å²) < 4.78 is 0. The van der Waals surface area contributed by atoms with Crippen molar-refractivity contribution in [2.45, 2.75) is 0 Å². The molecule has 0 aromatic heterocycles. The number of nitro benzene ring substituents is 8. The van der Waals surface area contributed by atoms with Gasteiger partial charge in [0.2, 0.25) is 0 Å². The predicted molar refractivity (Wildman–Crippen MR) is 139 cm³/mol. The third-order valence-corrected chi connectivity index (χ3v) is 5.40. The van der Waals surface area contributed by atoms with E-state index in [9.17, 15) is 80.9 Å². The summed E-state index contributed by atoms with van der Waals surface area (Å²) in [5.41, 5.74) is -14.6. The molecule has 26 heteroatoms. The van der Waals surface area contributed by atoms with Crippen LogP contribution in [0.15, 0.2) is 36.4 Å². The van der Waals surface area contributed by atoms with Gasteiger partial charge in [0.15, 0.2) is 11.4 Å². The van der Waals surface area contributed by atoms with Crippen LogP contribution in [0.4, 0.5) is 68.2 Å². The highest BCUT2D eigenvalue weighted by atomic mass is 16.7. The first-order valence-electron chi connectivity index (χ1n) is 10.7. The van der Waals surface area contributed by atoms with E-state index >= 15 is 0 Å². The Morgan fingerprint density at radius 3 is 0.795 bits per heavy atom. The quantitative estimate of drug-likeness (QED) is 0.208. The SMILES string of the molecule is O=[N+]([O-])c1cc([N+](=O)[O-])c(Nc2cc(Nc3c([N+](=O)[O-])cc([N+](=O)[O-])cc3[N+](=O)[O-])c([N+](=O)[O-])cc2[N+](=O)[O-])c([N+](=O)[O-])c1. The van der Waals surface area contributed by atoms with Crippen LogP contribution >= 0.6 is 0 Å². The fourth-order valence-corrected chi connectivity index (χ4v) is 3.59. The molecule has 0 unspecified atom stereocenters. The van der Waals surface area contributed by atoms with Crippen molar-refractivity contribution >= 4 is 68.2 Å². The van der Waals surface area contributed by atoms with Crippen LogP contribution in [0.3, 0.4) is 0 Å². The zero-order valence-corrected chi connectivity index (χ0v) is 20.6. The summed E-state index contributed by atoms with van der Waals surface area (Å²) in [6, 6.07) is 1.59. The van der Waals surface area contributed by atoms with E-state index in [0.717, 1.165) is 0 Å². The van der Waals surface area contributed by atoms with Gasteiger partial charge in [-0.3, -0.25) is 80.9 Å². The lowest BCUT2D eigenvalue weighted by Gasteiger charge is -2.12. The van der Waals surface area contributed by atoms with E-state index in [1.54, 1.807) is 0 Å². The smallest absolute Gasteiger partial charge is 0.306 e. The molecule has 2 N–H and O–H groups in total. The van der Waals surface area contributed by atoms with Gasteiger partial charge in [0.25, 0.3) is 22.7 Å². The number of nitrogens with zero attached hydrogens (tertiary/aromatic N) is 8. The molecule has 0 amide bonds. The Morgan fingerprint density at radius 2 is 0.591 bits per heavy atom. The minimum Gasteiger partial charge on any atom is -0.339 e. The van der Waals surface area contributed by atoms with Gasteiger partial charge in [-0.15, -0.1) is 0 Å². The first kappa shape index (κ1) is 31.0. The van der Waals surface area contributed by atoms with Crippen LogP contribution in [0.5, 0.6) is 0 Å². The van der Waals surface area contributed by atoms with Crippen molar-refractivity contribution in [2.24, 2.45) is 0 Å². The lowest BCUT2D eigenvalue weighted by molar-refractivity contribution is -0.402. The number of nitro groups is 8. The average molecular weight is 620 g/mol. The molecule has 0 saturated carbocycles. The summed E-state index contributed by atoms with van der Waals surface area (Å²) in [6.07, 6.45) is 0. The Bertz CT molecular complexity index is 1660. The van der Waals surface area contributed by atoms with E-state index in [0.29, 0.717) is 6.07 Å². The van der Waals surface area contributed by atoms with Crippen LogP contribution in [0.2, 0.25) is 0 Å². The first-order valence-corrected chi connectivity index (χ1v) is 10.7. The molecule has 3 rings (SSSR count). The molecule has 0 atom stereocenters. The van der Waals surface area contributed by atoms with Crippen molar-refractivity contribution in [1.29, 1.82) is 0 Å². The molecule has 0 aliphatic heterocycles. The summed E-state index contributed by atoms with van der Waals surface area (Å²) in [4.78, 5) is 81.9. The highest BCUT2D eigenvalue weighted by molar-refractivity contribution is 5.90. The standard InChI is InChI=1S/C18H8N10O16/c29-21(30)7-1-13(25(37)38)17(14(2-7)26(39)40)19-9-5-10(12(24(35)36)6-11(9)23(33)34)20-18-15(27(41)42)3-8(22(31)32)4-16(18)28(43)44/h1-6,19-20H. The molecule has 26 nitrogen and oxygen atoms in total. The van der Waals surface area contributed by atoms with Gasteiger partial charge in [0.1, 0.15) is 11.4 Å². The molecule has 44 heavy (non-hydrogen) atoms. The van der Waals surface area contributed by atoms with Crippen molar-refractivity contribution in [2.75, 3.05) is 10.6 Å². The van der Waals surface area contributed by atoms with Crippen LogP contribution in [0.25, 0.3) is 0 Å². The molecule has 0 fully saturated rings. The minimum atomic E-state index is -1.35. The van der Waals surface area contributed by atoms with Crippen molar-refractivity contribution in [3.05, 3.63) is 117 Å². The predicted octanol–water partition coefficient (Wildman–Crippen LogP) is 4.44. The van der Waals surface area contributed by atoms with Crippen LogP contribution in [-0.4, -0.2) is 39.4 Å². The zero-order chi connectivity index (χ0) is 33.2. The minimum absolute atomic E-state index is 0.177. The van der Waals surface area contributed by atoms with Gasteiger partial charge in [-0.2, -0.15) is 0 Å². The van der Waals surface area contributed by atoms with E-state index in [-0.39, 0.29) is 30.3 Å². The number of anilines is 4.